The molecule has 1 aromatic carbocycles. The summed E-state index contributed by atoms with van der Waals surface area (Å²) in [6.07, 6.45) is 4.40. The van der Waals surface area contributed by atoms with Gasteiger partial charge in [-0.05, 0) is 49.6 Å². The molecule has 1 atom stereocenters. The maximum atomic E-state index is 6.42. The quantitative estimate of drug-likeness (QED) is 0.717. The van der Waals surface area contributed by atoms with E-state index in [2.05, 4.69) is 23.9 Å². The second-order valence-corrected chi connectivity index (χ2v) is 7.53. The van der Waals surface area contributed by atoms with E-state index in [-0.39, 0.29) is 5.54 Å². The molecule has 0 spiro atoms. The molecule has 0 bridgehead atoms. The van der Waals surface area contributed by atoms with Gasteiger partial charge in [0.2, 0.25) is 0 Å². The highest BCUT2D eigenvalue weighted by Crippen LogP contribution is 2.31. The van der Waals surface area contributed by atoms with Crippen molar-refractivity contribution in [3.63, 3.8) is 0 Å². The van der Waals surface area contributed by atoms with Gasteiger partial charge < -0.3 is 10.5 Å². The average Bonchev–Trinajstić information content (AvgIpc) is 2.96. The lowest BCUT2D eigenvalue weighted by Gasteiger charge is -2.26. The third-order valence-corrected chi connectivity index (χ3v) is 4.23. The Balaban J connectivity index is 1.79. The summed E-state index contributed by atoms with van der Waals surface area (Å²) in [5, 5.41) is 4.87. The molecule has 0 aliphatic carbocycles. The molecule has 132 valence electrons. The molecule has 5 nitrogen and oxygen atoms in total. The highest BCUT2D eigenvalue weighted by atomic mass is 35.5. The van der Waals surface area contributed by atoms with Gasteiger partial charge >= 0.3 is 0 Å². The zero-order valence-corrected chi connectivity index (χ0v) is 15.5. The van der Waals surface area contributed by atoms with Gasteiger partial charge in [-0.25, -0.2) is 9.50 Å². The molecule has 2 aromatic heterocycles. The van der Waals surface area contributed by atoms with Crippen molar-refractivity contribution >= 4 is 17.2 Å². The first kappa shape index (κ1) is 17.7. The number of hydrogen-bond acceptors (Lipinski definition) is 4. The van der Waals surface area contributed by atoms with Gasteiger partial charge in [0.1, 0.15) is 12.4 Å². The van der Waals surface area contributed by atoms with E-state index in [1.54, 1.807) is 16.9 Å². The van der Waals surface area contributed by atoms with Crippen molar-refractivity contribution < 1.29 is 4.74 Å². The van der Waals surface area contributed by atoms with Gasteiger partial charge in [-0.15, -0.1) is 0 Å². The van der Waals surface area contributed by atoms with E-state index in [4.69, 9.17) is 22.1 Å². The first-order valence-corrected chi connectivity index (χ1v) is 8.74. The SMILES string of the molecule is CC(C)CC(C)(N)COc1ccc(-c2cnc3cccnn23)cc1Cl. The fourth-order valence-electron chi connectivity index (χ4n) is 3.04. The van der Waals surface area contributed by atoms with Crippen molar-refractivity contribution in [3.05, 3.63) is 47.7 Å². The largest absolute Gasteiger partial charge is 0.490 e. The molecule has 3 aromatic rings. The summed E-state index contributed by atoms with van der Waals surface area (Å²) < 4.78 is 7.65. The second-order valence-electron chi connectivity index (χ2n) is 7.12. The minimum Gasteiger partial charge on any atom is -0.490 e. The lowest BCUT2D eigenvalue weighted by molar-refractivity contribution is 0.207. The summed E-state index contributed by atoms with van der Waals surface area (Å²) in [6.45, 7) is 6.72. The van der Waals surface area contributed by atoms with Gasteiger partial charge in [-0.2, -0.15) is 5.10 Å². The minimum atomic E-state index is -0.387. The first-order valence-electron chi connectivity index (χ1n) is 8.36. The monoisotopic (exact) mass is 358 g/mol. The minimum absolute atomic E-state index is 0.387. The fourth-order valence-corrected chi connectivity index (χ4v) is 3.27. The zero-order valence-electron chi connectivity index (χ0n) is 14.7. The lowest BCUT2D eigenvalue weighted by Crippen LogP contribution is -2.43. The van der Waals surface area contributed by atoms with Crippen LogP contribution in [-0.2, 0) is 0 Å². The molecule has 0 aliphatic rings. The first-order chi connectivity index (χ1) is 11.9. The molecule has 0 aliphatic heterocycles. The topological polar surface area (TPSA) is 65.4 Å². The van der Waals surface area contributed by atoms with Crippen molar-refractivity contribution in [2.24, 2.45) is 11.7 Å². The van der Waals surface area contributed by atoms with Crippen LogP contribution < -0.4 is 10.5 Å². The summed E-state index contributed by atoms with van der Waals surface area (Å²) in [6, 6.07) is 9.45. The van der Waals surface area contributed by atoms with E-state index in [0.29, 0.717) is 23.3 Å². The summed E-state index contributed by atoms with van der Waals surface area (Å²) in [5.74, 6) is 1.15. The molecular weight excluding hydrogens is 336 g/mol. The van der Waals surface area contributed by atoms with Gasteiger partial charge in [0.15, 0.2) is 5.65 Å². The van der Waals surface area contributed by atoms with E-state index in [1.807, 2.05) is 37.3 Å². The second kappa shape index (κ2) is 7.02. The molecule has 6 heteroatoms. The normalized spacial score (nSPS) is 14.0. The molecule has 0 radical (unpaired) electrons. The molecule has 2 N–H and O–H groups in total. The van der Waals surface area contributed by atoms with Crippen molar-refractivity contribution in [3.8, 4) is 17.0 Å². The predicted octanol–water partition coefficient (Wildman–Crippen LogP) is 4.19. The van der Waals surface area contributed by atoms with Crippen LogP contribution >= 0.6 is 11.6 Å². The summed E-state index contributed by atoms with van der Waals surface area (Å²) >= 11 is 6.42. The molecule has 0 saturated carbocycles. The Labute approximate surface area is 152 Å². The highest BCUT2D eigenvalue weighted by Gasteiger charge is 2.21. The number of nitrogens with zero attached hydrogens (tertiary/aromatic N) is 3. The lowest BCUT2D eigenvalue weighted by atomic mass is 9.93. The van der Waals surface area contributed by atoms with Crippen LogP contribution in [0.2, 0.25) is 5.02 Å². The van der Waals surface area contributed by atoms with Crippen LogP contribution in [0.5, 0.6) is 5.75 Å². The van der Waals surface area contributed by atoms with Gasteiger partial charge in [0.25, 0.3) is 0 Å². The maximum Gasteiger partial charge on any atom is 0.154 e. The van der Waals surface area contributed by atoms with Crippen LogP contribution in [0, 0.1) is 5.92 Å². The van der Waals surface area contributed by atoms with Crippen LogP contribution in [0.3, 0.4) is 0 Å². The van der Waals surface area contributed by atoms with Crippen molar-refractivity contribution in [2.75, 3.05) is 6.61 Å². The van der Waals surface area contributed by atoms with E-state index in [0.717, 1.165) is 23.3 Å². The van der Waals surface area contributed by atoms with Crippen LogP contribution in [0.4, 0.5) is 0 Å². The van der Waals surface area contributed by atoms with Crippen molar-refractivity contribution in [2.45, 2.75) is 32.7 Å². The number of benzene rings is 1. The van der Waals surface area contributed by atoms with Crippen molar-refractivity contribution in [1.82, 2.24) is 14.6 Å². The van der Waals surface area contributed by atoms with Crippen LogP contribution in [0.15, 0.2) is 42.7 Å². The van der Waals surface area contributed by atoms with E-state index in [1.165, 1.54) is 0 Å². The Morgan fingerprint density at radius 3 is 2.84 bits per heavy atom. The van der Waals surface area contributed by atoms with Gasteiger partial charge in [0.05, 0.1) is 16.9 Å². The zero-order chi connectivity index (χ0) is 18.0. The molecule has 3 rings (SSSR count). The summed E-state index contributed by atoms with van der Waals surface area (Å²) in [7, 11) is 0. The Bertz CT molecular complexity index is 873. The molecule has 25 heavy (non-hydrogen) atoms. The summed E-state index contributed by atoms with van der Waals surface area (Å²) in [4.78, 5) is 4.35. The Hall–Kier alpha value is -2.11. The number of ether oxygens (including phenoxy) is 1. The predicted molar refractivity (Wildman–Crippen MR) is 101 cm³/mol. The van der Waals surface area contributed by atoms with Crippen LogP contribution in [0.25, 0.3) is 16.9 Å². The highest BCUT2D eigenvalue weighted by molar-refractivity contribution is 6.32. The van der Waals surface area contributed by atoms with E-state index < -0.39 is 0 Å². The Kier molecular flexibility index (Phi) is 4.97. The molecule has 0 amide bonds. The number of hydrogen-bond donors (Lipinski definition) is 1. The molecule has 2 heterocycles. The Morgan fingerprint density at radius 1 is 1.32 bits per heavy atom. The van der Waals surface area contributed by atoms with Gasteiger partial charge in [-0.3, -0.25) is 0 Å². The van der Waals surface area contributed by atoms with Crippen LogP contribution in [0.1, 0.15) is 27.2 Å². The van der Waals surface area contributed by atoms with Gasteiger partial charge in [0, 0.05) is 17.3 Å². The summed E-state index contributed by atoms with van der Waals surface area (Å²) in [5.41, 5.74) is 8.52. The molecular formula is C19H23ClN4O. The molecule has 1 unspecified atom stereocenters. The number of halogens is 1. The fraction of sp³-hybridized carbons (Fsp3) is 0.368. The van der Waals surface area contributed by atoms with E-state index in [9.17, 15) is 0 Å². The molecule has 0 saturated heterocycles. The standard InChI is InChI=1S/C19H23ClN4O/c1-13(2)10-19(3,21)12-25-17-7-6-14(9-15(17)20)16-11-22-18-5-4-8-23-24(16)18/h4-9,11,13H,10,12,21H2,1-3H3. The number of nitrogens with two attached hydrogens (primary N) is 1. The number of fused-ring (bicyclic) bond motifs is 1. The average molecular weight is 359 g/mol. The maximum absolute atomic E-state index is 6.42. The smallest absolute Gasteiger partial charge is 0.154 e. The van der Waals surface area contributed by atoms with E-state index >= 15 is 0 Å². The van der Waals surface area contributed by atoms with Gasteiger partial charge in [-0.1, -0.05) is 25.4 Å². The number of aromatic nitrogens is 3. The Morgan fingerprint density at radius 2 is 2.12 bits per heavy atom. The number of imidazole rings is 1. The molecule has 0 fully saturated rings. The third kappa shape index (κ3) is 4.11. The van der Waals surface area contributed by atoms with Crippen molar-refractivity contribution in [1.29, 1.82) is 0 Å². The number of rotatable bonds is 6. The third-order valence-electron chi connectivity index (χ3n) is 3.94. The van der Waals surface area contributed by atoms with Crippen LogP contribution in [-0.4, -0.2) is 26.7 Å².